The van der Waals surface area contributed by atoms with Crippen molar-refractivity contribution in [3.63, 3.8) is 0 Å². The summed E-state index contributed by atoms with van der Waals surface area (Å²) < 4.78 is 76.7. The fourth-order valence-corrected chi connectivity index (χ4v) is 7.02. The van der Waals surface area contributed by atoms with Crippen LogP contribution in [0.4, 0.5) is 21.9 Å². The molecule has 0 bridgehead atoms. The molecule has 0 radical (unpaired) electrons. The molecule has 2 aromatic carbocycles. The molecule has 2 aliphatic heterocycles. The van der Waals surface area contributed by atoms with E-state index < -0.39 is 42.6 Å². The number of amidine groups is 1. The van der Waals surface area contributed by atoms with Crippen molar-refractivity contribution < 1.29 is 91.4 Å². The molecule has 0 saturated carbocycles. The van der Waals surface area contributed by atoms with Gasteiger partial charge in [-0.25, -0.2) is 26.6 Å². The molecule has 14 nitrogen and oxygen atoms in total. The molecule has 274 valence electrons. The Morgan fingerprint density at radius 3 is 2.23 bits per heavy atom. The number of nitrogens with zero attached hydrogens (tertiary/aromatic N) is 3. The fourth-order valence-electron chi connectivity index (χ4n) is 6.21. The maximum absolute atomic E-state index is 11.9. The Kier molecular flexibility index (Phi) is 14.4. The van der Waals surface area contributed by atoms with Gasteiger partial charge in [-0.2, -0.15) is 4.58 Å². The number of hydrogen-bond donors (Lipinski definition) is 3. The number of amides is 2. The number of rotatable bonds is 12. The second-order valence-electron chi connectivity index (χ2n) is 12.9. The van der Waals surface area contributed by atoms with Crippen LogP contribution in [0, 0.1) is 0 Å². The molecule has 2 aliphatic rings. The zero-order chi connectivity index (χ0) is 37.8. The molecule has 0 atom stereocenters. The van der Waals surface area contributed by atoms with Crippen molar-refractivity contribution in [2.45, 2.75) is 38.5 Å². The number of aliphatic imine (C=N–C) groups is 1. The Morgan fingerprint density at radius 1 is 0.942 bits per heavy atom. The second kappa shape index (κ2) is 17.3. The van der Waals surface area contributed by atoms with E-state index in [-0.39, 0.29) is 76.5 Å². The van der Waals surface area contributed by atoms with Crippen LogP contribution in [0.25, 0.3) is 0 Å². The van der Waals surface area contributed by atoms with Crippen molar-refractivity contribution in [2.75, 3.05) is 48.9 Å². The van der Waals surface area contributed by atoms with Crippen LogP contribution in [-0.2, 0) is 31.1 Å². The van der Waals surface area contributed by atoms with Gasteiger partial charge < -0.3 is 35.1 Å². The summed E-state index contributed by atoms with van der Waals surface area (Å²) in [5.74, 6) is -0.697. The molecular weight excluding hydrogens is 736 g/mol. The molecule has 0 aromatic heterocycles. The zero-order valence-corrected chi connectivity index (χ0v) is 35.1. The Hall–Kier alpha value is -3.13. The van der Waals surface area contributed by atoms with Crippen molar-refractivity contribution in [3.05, 3.63) is 95.8 Å². The van der Waals surface area contributed by atoms with Gasteiger partial charge in [-0.15, -0.1) is 0 Å². The summed E-state index contributed by atoms with van der Waals surface area (Å²) in [5, 5.41) is 5.26. The Labute approximate surface area is 348 Å². The van der Waals surface area contributed by atoms with Crippen molar-refractivity contribution in [1.29, 1.82) is 0 Å². The van der Waals surface area contributed by atoms with Gasteiger partial charge in [0.05, 0.1) is 27.0 Å². The molecule has 2 aromatic rings. The van der Waals surface area contributed by atoms with Gasteiger partial charge in [0.15, 0.2) is 12.3 Å². The zero-order valence-electron chi connectivity index (χ0n) is 30.3. The minimum absolute atomic E-state index is 0. The van der Waals surface area contributed by atoms with Crippen LogP contribution in [0.5, 0.6) is 5.75 Å². The van der Waals surface area contributed by atoms with Crippen LogP contribution < -0.4 is 77.4 Å². The van der Waals surface area contributed by atoms with Gasteiger partial charge in [0.25, 0.3) is 6.02 Å². The van der Waals surface area contributed by atoms with Gasteiger partial charge in [0.2, 0.25) is 5.69 Å². The summed E-state index contributed by atoms with van der Waals surface area (Å²) in [7, 11) is -5.94. The summed E-state index contributed by atoms with van der Waals surface area (Å²) in [6, 6.07) is 10.2. The van der Waals surface area contributed by atoms with E-state index in [0.717, 1.165) is 33.9 Å². The fraction of sp³-hybridized carbons (Fsp3) is 0.343. The normalized spacial score (nSPS) is 17.6. The first kappa shape index (κ1) is 43.3. The van der Waals surface area contributed by atoms with Crippen LogP contribution in [0.3, 0.4) is 0 Å². The number of nitrogens with two attached hydrogens (primary N) is 1. The molecule has 0 saturated heterocycles. The number of ether oxygens (including phenoxy) is 1. The average molecular weight is 779 g/mol. The maximum Gasteiger partial charge on any atom is 1.00 e. The Bertz CT molecular complexity index is 2100. The van der Waals surface area contributed by atoms with E-state index in [0.29, 0.717) is 11.4 Å². The number of allylic oxidation sites excluding steroid dienone is 8. The first-order chi connectivity index (χ1) is 23.8. The number of carbonyl (C=O) groups excluding carboxylic acids is 1. The van der Waals surface area contributed by atoms with E-state index in [1.54, 1.807) is 59.5 Å². The molecule has 0 fully saturated rings. The molecule has 0 aliphatic carbocycles. The van der Waals surface area contributed by atoms with Crippen molar-refractivity contribution in [2.24, 2.45) is 10.7 Å². The van der Waals surface area contributed by atoms with Gasteiger partial charge in [-0.3, -0.25) is 0 Å². The number of nitrogens with one attached hydrogen (secondary N) is 2. The third-order valence-corrected chi connectivity index (χ3v) is 10.1. The van der Waals surface area contributed by atoms with E-state index >= 15 is 0 Å². The van der Waals surface area contributed by atoms with E-state index in [1.807, 2.05) is 56.6 Å². The molecule has 2 heterocycles. The molecule has 4 N–H and O–H groups in total. The summed E-state index contributed by atoms with van der Waals surface area (Å²) in [6.45, 7) is 7.83. The van der Waals surface area contributed by atoms with E-state index in [9.17, 15) is 30.7 Å². The van der Waals surface area contributed by atoms with E-state index in [4.69, 9.17) is 10.5 Å². The first-order valence-corrected chi connectivity index (χ1v) is 19.1. The molecular formula is C35H43KN6O8S2. The van der Waals surface area contributed by atoms with E-state index in [2.05, 4.69) is 15.6 Å². The van der Waals surface area contributed by atoms with Crippen LogP contribution in [-0.4, -0.2) is 87.0 Å². The monoisotopic (exact) mass is 778 g/mol. The third-order valence-electron chi connectivity index (χ3n) is 8.77. The minimum Gasteiger partial charge on any atom is -0.748 e. The van der Waals surface area contributed by atoms with Gasteiger partial charge >= 0.3 is 57.4 Å². The van der Waals surface area contributed by atoms with Crippen LogP contribution in [0.15, 0.2) is 89.6 Å². The Balaban J connectivity index is 0.00000729. The van der Waals surface area contributed by atoms with Crippen molar-refractivity contribution in [3.8, 4) is 5.75 Å². The quantitative estimate of drug-likeness (QED) is 0.0682. The topological polar surface area (TPSA) is 209 Å². The number of urea groups is 1. The third kappa shape index (κ3) is 10.5. The number of carbonyl (C=O) groups is 1. The molecule has 4 rings (SSSR count). The predicted octanol–water partition coefficient (Wildman–Crippen LogP) is 0.582. The van der Waals surface area contributed by atoms with Crippen molar-refractivity contribution in [1.82, 2.24) is 5.32 Å². The van der Waals surface area contributed by atoms with Gasteiger partial charge in [-0.05, 0) is 55.8 Å². The molecule has 0 spiro atoms. The first-order valence-electron chi connectivity index (χ1n) is 16.0. The SMILES string of the molecule is CN=C(N)Oc1ccc2c(c1)C(C)(C)C(/C=C/C=C/C=C/C=C1/N(CCS(=O)(=O)[O-])c3ccc(NC(=O)NC)cc3C1(C)C)=[N+]2CCS(=O)(=O)[O-].[K+]. The average Bonchev–Trinajstić information content (AvgIpc) is 3.39. The summed E-state index contributed by atoms with van der Waals surface area (Å²) in [5.41, 5.74) is 9.83. The standard InChI is InChI=1S/C35H44N6O8S2.K/c1-34(2)26-22-24(39-33(42)38-6)14-16-28(26)40(18-20-50(43,44)45)30(34)12-10-8-7-9-11-13-31-35(3,4)27-23-25(49-32(36)37-5)15-17-29(27)41(31)19-21-51(46,47)48;/h7-17,22-23H,18-21H2,1-6H3,(H5-,36,37,38,39,42,43,44,45,46,47,48);/q;+1/p-1. The smallest absolute Gasteiger partial charge is 0.748 e. The van der Waals surface area contributed by atoms with Gasteiger partial charge in [-0.1, -0.05) is 44.2 Å². The summed E-state index contributed by atoms with van der Waals surface area (Å²) in [6.07, 6.45) is 12.7. The molecule has 17 heteroatoms. The number of benzene rings is 2. The number of hydrogen-bond acceptors (Lipinski definition) is 10. The number of anilines is 2. The van der Waals surface area contributed by atoms with Crippen LogP contribution in [0.2, 0.25) is 0 Å². The van der Waals surface area contributed by atoms with Gasteiger partial charge in [0.1, 0.15) is 15.9 Å². The second-order valence-corrected chi connectivity index (χ2v) is 16.0. The van der Waals surface area contributed by atoms with E-state index in [1.165, 1.54) is 14.1 Å². The largest absolute Gasteiger partial charge is 1.00 e. The summed E-state index contributed by atoms with van der Waals surface area (Å²) >= 11 is 0. The predicted molar refractivity (Wildman–Crippen MR) is 197 cm³/mol. The summed E-state index contributed by atoms with van der Waals surface area (Å²) in [4.78, 5) is 17.5. The Morgan fingerprint density at radius 2 is 1.60 bits per heavy atom. The maximum atomic E-state index is 11.9. The number of fused-ring (bicyclic) bond motifs is 2. The van der Waals surface area contributed by atoms with Crippen LogP contribution >= 0.6 is 0 Å². The molecule has 2 amide bonds. The van der Waals surface area contributed by atoms with Crippen LogP contribution in [0.1, 0.15) is 38.8 Å². The molecule has 52 heavy (non-hydrogen) atoms. The molecule has 0 unspecified atom stereocenters. The van der Waals surface area contributed by atoms with Gasteiger partial charge in [0, 0.05) is 60.8 Å². The minimum atomic E-state index is -4.48. The van der Waals surface area contributed by atoms with Crippen molar-refractivity contribution >= 4 is 55.1 Å².